The van der Waals surface area contributed by atoms with Crippen LogP contribution in [0, 0.1) is 17.0 Å². The van der Waals surface area contributed by atoms with E-state index in [1.807, 2.05) is 0 Å². The monoisotopic (exact) mass is 219 g/mol. The zero-order valence-corrected chi connectivity index (χ0v) is 7.94. The Morgan fingerprint density at radius 1 is 1.80 bits per heavy atom. The predicted octanol–water partition coefficient (Wildman–Crippen LogP) is 0.336. The average molecular weight is 219 g/mol. The van der Waals surface area contributed by atoms with Crippen LogP contribution in [0.2, 0.25) is 0 Å². The van der Waals surface area contributed by atoms with Gasteiger partial charge >= 0.3 is 11.6 Å². The number of nitro groups is 1. The lowest BCUT2D eigenvalue weighted by atomic mass is 10.4. The maximum absolute atomic E-state index is 12.6. The quantitative estimate of drug-likeness (QED) is 0.549. The second kappa shape index (κ2) is 4.69. The molecule has 0 aliphatic heterocycles. The third-order valence-electron chi connectivity index (χ3n) is 1.66. The lowest BCUT2D eigenvalue weighted by molar-refractivity contribution is -0.386. The average Bonchev–Trinajstić information content (AvgIpc) is 2.56. The van der Waals surface area contributed by atoms with Crippen LogP contribution in [0.15, 0.2) is 0 Å². The normalized spacial score (nSPS) is 12.5. The van der Waals surface area contributed by atoms with Gasteiger partial charge in [-0.15, -0.1) is 5.10 Å². The third-order valence-corrected chi connectivity index (χ3v) is 1.66. The van der Waals surface area contributed by atoms with Crippen LogP contribution in [0.3, 0.4) is 0 Å². The molecule has 0 amide bonds. The largest absolute Gasteiger partial charge is 0.469 e. The molecule has 2 N–H and O–H groups in total. The van der Waals surface area contributed by atoms with Gasteiger partial charge in [-0.3, -0.25) is 15.2 Å². The van der Waals surface area contributed by atoms with Crippen molar-refractivity contribution in [2.45, 2.75) is 13.1 Å². The second-order valence-electron chi connectivity index (χ2n) is 2.85. The van der Waals surface area contributed by atoms with Gasteiger partial charge in [0.2, 0.25) is 0 Å². The molecule has 0 unspecified atom stereocenters. The highest BCUT2D eigenvalue weighted by Gasteiger charge is 2.23. The maximum Gasteiger partial charge on any atom is 0.352 e. The lowest BCUT2D eigenvalue weighted by Crippen LogP contribution is -2.17. The molecule has 0 radical (unpaired) electrons. The molecule has 1 heterocycles. The molecule has 1 aromatic heterocycles. The number of hydrogen-bond acceptors (Lipinski definition) is 5. The first-order chi connectivity index (χ1) is 7.06. The number of nitrogens with zero attached hydrogens (tertiary/aromatic N) is 2. The van der Waals surface area contributed by atoms with Crippen LogP contribution in [0.4, 0.5) is 10.1 Å². The Kier molecular flexibility index (Phi) is 3.56. The van der Waals surface area contributed by atoms with Gasteiger partial charge in [0, 0.05) is 0 Å². The Bertz CT molecular complexity index is 354. The topological polar surface area (TPSA) is 101 Å². The highest BCUT2D eigenvalue weighted by molar-refractivity contribution is 5.44. The first-order valence-corrected chi connectivity index (χ1v) is 4.13. The molecule has 0 fully saturated rings. The van der Waals surface area contributed by atoms with Gasteiger partial charge in [0.1, 0.15) is 12.3 Å². The highest BCUT2D eigenvalue weighted by atomic mass is 19.1. The highest BCUT2D eigenvalue weighted by Crippen LogP contribution is 2.27. The molecular formula is C7H10FN3O4. The van der Waals surface area contributed by atoms with Gasteiger partial charge in [0.25, 0.3) is 0 Å². The van der Waals surface area contributed by atoms with Crippen molar-refractivity contribution in [2.24, 2.45) is 0 Å². The molecule has 0 saturated heterocycles. The summed E-state index contributed by atoms with van der Waals surface area (Å²) >= 11 is 0. The molecule has 0 aliphatic carbocycles. The number of aryl methyl sites for hydroxylation is 1. The van der Waals surface area contributed by atoms with E-state index in [2.05, 4.69) is 10.2 Å². The Hall–Kier alpha value is -1.70. The minimum atomic E-state index is -1.58. The summed E-state index contributed by atoms with van der Waals surface area (Å²) in [6.07, 6.45) is -1.58. The van der Waals surface area contributed by atoms with Crippen LogP contribution in [-0.4, -0.2) is 39.6 Å². The van der Waals surface area contributed by atoms with Crippen molar-refractivity contribution in [2.75, 3.05) is 13.2 Å². The van der Waals surface area contributed by atoms with Crippen LogP contribution in [-0.2, 0) is 0 Å². The molecule has 1 atom stereocenters. The number of rotatable bonds is 5. The van der Waals surface area contributed by atoms with Gasteiger partial charge in [-0.2, -0.15) is 0 Å². The lowest BCUT2D eigenvalue weighted by Gasteiger charge is -2.04. The molecular weight excluding hydrogens is 209 g/mol. The standard InChI is InChI=1S/C7H10FN3O4/c1-4-6(11(13)14)7(10-9-4)15-3-5(8)2-12/h5,12H,2-3H2,1H3,(H,9,10)/t5-/m0/s1. The molecule has 0 aromatic carbocycles. The van der Waals surface area contributed by atoms with Crippen LogP contribution < -0.4 is 4.74 Å². The van der Waals surface area contributed by atoms with Crippen molar-refractivity contribution in [3.63, 3.8) is 0 Å². The van der Waals surface area contributed by atoms with Gasteiger partial charge in [-0.1, -0.05) is 0 Å². The summed E-state index contributed by atoms with van der Waals surface area (Å²) in [6.45, 7) is 0.288. The van der Waals surface area contributed by atoms with Crippen LogP contribution in [0.5, 0.6) is 5.88 Å². The van der Waals surface area contributed by atoms with E-state index in [-0.39, 0.29) is 17.3 Å². The van der Waals surface area contributed by atoms with E-state index < -0.39 is 24.3 Å². The van der Waals surface area contributed by atoms with Crippen molar-refractivity contribution < 1.29 is 19.2 Å². The second-order valence-corrected chi connectivity index (χ2v) is 2.85. The maximum atomic E-state index is 12.6. The molecule has 1 aromatic rings. The summed E-state index contributed by atoms with van der Waals surface area (Å²) in [4.78, 5) is 9.87. The van der Waals surface area contributed by atoms with Crippen molar-refractivity contribution >= 4 is 5.69 Å². The van der Waals surface area contributed by atoms with Crippen LogP contribution in [0.1, 0.15) is 5.69 Å². The predicted molar refractivity (Wildman–Crippen MR) is 47.5 cm³/mol. The Balaban J connectivity index is 2.73. The Labute approximate surface area is 84.0 Å². The summed E-state index contributed by atoms with van der Waals surface area (Å²) in [5, 5.41) is 24.8. The van der Waals surface area contributed by atoms with Crippen molar-refractivity contribution in [3.05, 3.63) is 15.8 Å². The molecule has 7 nitrogen and oxygen atoms in total. The summed E-state index contributed by atoms with van der Waals surface area (Å²) < 4.78 is 17.3. The zero-order valence-electron chi connectivity index (χ0n) is 7.94. The van der Waals surface area contributed by atoms with Gasteiger partial charge in [-0.25, -0.2) is 4.39 Å². The first kappa shape index (κ1) is 11.4. The number of nitrogens with one attached hydrogen (secondary N) is 1. The molecule has 0 bridgehead atoms. The number of halogens is 1. The fraction of sp³-hybridized carbons (Fsp3) is 0.571. The van der Waals surface area contributed by atoms with Gasteiger partial charge in [0.05, 0.1) is 11.5 Å². The Morgan fingerprint density at radius 2 is 2.47 bits per heavy atom. The van der Waals surface area contributed by atoms with E-state index in [1.54, 1.807) is 0 Å². The van der Waals surface area contributed by atoms with E-state index >= 15 is 0 Å². The van der Waals surface area contributed by atoms with Gasteiger partial charge < -0.3 is 9.84 Å². The summed E-state index contributed by atoms with van der Waals surface area (Å²) in [5.74, 6) is -0.270. The Morgan fingerprint density at radius 3 is 3.00 bits per heavy atom. The number of aliphatic hydroxyl groups excluding tert-OH is 1. The molecule has 8 heteroatoms. The SMILES string of the molecule is Cc1[nH]nc(OC[C@@H](F)CO)c1[N+](=O)[O-]. The molecule has 0 spiro atoms. The third kappa shape index (κ3) is 2.62. The number of aromatic amines is 1. The fourth-order valence-electron chi connectivity index (χ4n) is 0.939. The zero-order chi connectivity index (χ0) is 11.4. The molecule has 1 rings (SSSR count). The molecule has 84 valence electrons. The minimum absolute atomic E-state index is 0.231. The van der Waals surface area contributed by atoms with Crippen molar-refractivity contribution in [1.82, 2.24) is 10.2 Å². The molecule has 0 saturated carbocycles. The number of hydrogen-bond donors (Lipinski definition) is 2. The molecule has 0 aliphatic rings. The summed E-state index contributed by atoms with van der Waals surface area (Å²) in [6, 6.07) is 0. The van der Waals surface area contributed by atoms with Crippen molar-refractivity contribution in [1.29, 1.82) is 0 Å². The van der Waals surface area contributed by atoms with Crippen LogP contribution in [0.25, 0.3) is 0 Å². The van der Waals surface area contributed by atoms with E-state index in [1.165, 1.54) is 6.92 Å². The van der Waals surface area contributed by atoms with Crippen LogP contribution >= 0.6 is 0 Å². The van der Waals surface area contributed by atoms with E-state index in [4.69, 9.17) is 9.84 Å². The first-order valence-electron chi connectivity index (χ1n) is 4.13. The van der Waals surface area contributed by atoms with E-state index in [0.717, 1.165) is 0 Å². The minimum Gasteiger partial charge on any atom is -0.469 e. The van der Waals surface area contributed by atoms with Gasteiger partial charge in [0.15, 0.2) is 6.17 Å². The van der Waals surface area contributed by atoms with Gasteiger partial charge in [-0.05, 0) is 6.92 Å². The fourth-order valence-corrected chi connectivity index (χ4v) is 0.939. The number of ether oxygens (including phenoxy) is 1. The molecule has 15 heavy (non-hydrogen) atoms. The van der Waals surface area contributed by atoms with E-state index in [0.29, 0.717) is 0 Å². The number of H-pyrrole nitrogens is 1. The number of aromatic nitrogens is 2. The number of alkyl halides is 1. The number of aliphatic hydroxyl groups is 1. The smallest absolute Gasteiger partial charge is 0.352 e. The summed E-state index contributed by atoms with van der Waals surface area (Å²) in [7, 11) is 0. The van der Waals surface area contributed by atoms with Crippen molar-refractivity contribution in [3.8, 4) is 5.88 Å². The summed E-state index contributed by atoms with van der Waals surface area (Å²) in [5.41, 5.74) is -0.0884. The van der Waals surface area contributed by atoms with E-state index in [9.17, 15) is 14.5 Å².